The van der Waals surface area contributed by atoms with Crippen molar-refractivity contribution in [3.05, 3.63) is 118 Å². The summed E-state index contributed by atoms with van der Waals surface area (Å²) in [6, 6.07) is 32.6. The molecule has 0 bridgehead atoms. The van der Waals surface area contributed by atoms with Gasteiger partial charge in [0.2, 0.25) is 6.71 Å². The molecule has 37 heavy (non-hydrogen) atoms. The highest BCUT2D eigenvalue weighted by atomic mass is 15.0. The third-order valence-electron chi connectivity index (χ3n) is 9.89. The van der Waals surface area contributed by atoms with E-state index in [1.165, 1.54) is 74.7 Å². The summed E-state index contributed by atoms with van der Waals surface area (Å²) in [5.74, 6) is 0. The third kappa shape index (κ3) is 2.61. The van der Waals surface area contributed by atoms with Crippen LogP contribution in [-0.2, 0) is 23.7 Å². The van der Waals surface area contributed by atoms with Crippen molar-refractivity contribution in [3.8, 4) is 5.69 Å². The van der Waals surface area contributed by atoms with Gasteiger partial charge in [-0.3, -0.25) is 0 Å². The average Bonchev–Trinajstić information content (AvgIpc) is 3.49. The predicted octanol–water partition coefficient (Wildman–Crippen LogP) is 5.91. The monoisotopic (exact) mass is 477 g/mol. The van der Waals surface area contributed by atoms with E-state index in [9.17, 15) is 0 Å². The molecular weight excluding hydrogens is 445 g/mol. The highest BCUT2D eigenvalue weighted by molar-refractivity contribution is 6.97. The van der Waals surface area contributed by atoms with Crippen molar-refractivity contribution in [2.24, 2.45) is 0 Å². The number of aryl methyl sites for hydroxylation is 1. The molecule has 8 rings (SSSR count). The molecule has 0 spiro atoms. The minimum Gasteiger partial charge on any atom is -0.313 e. The summed E-state index contributed by atoms with van der Waals surface area (Å²) in [6.45, 7) is 9.97. The summed E-state index contributed by atoms with van der Waals surface area (Å²) in [5, 5.41) is 1.44. The van der Waals surface area contributed by atoms with Crippen LogP contribution < -0.4 is 16.4 Å². The van der Waals surface area contributed by atoms with Crippen molar-refractivity contribution in [1.82, 2.24) is 4.57 Å². The SMILES string of the molecule is CC1(C)c2ccccc2B2c3ccc(-n4c5c(c6ccccc64)CCC5)cc3C(C)(C)c3cccc1c32. The van der Waals surface area contributed by atoms with Crippen LogP contribution >= 0.6 is 0 Å². The molecule has 0 saturated carbocycles. The van der Waals surface area contributed by atoms with E-state index >= 15 is 0 Å². The van der Waals surface area contributed by atoms with Crippen LogP contribution in [0.25, 0.3) is 16.6 Å². The van der Waals surface area contributed by atoms with Crippen LogP contribution in [0.1, 0.15) is 67.6 Å². The van der Waals surface area contributed by atoms with Crippen molar-refractivity contribution in [3.63, 3.8) is 0 Å². The van der Waals surface area contributed by atoms with Gasteiger partial charge in [0.05, 0.1) is 5.52 Å². The predicted molar refractivity (Wildman–Crippen MR) is 157 cm³/mol. The fourth-order valence-corrected chi connectivity index (χ4v) is 8.16. The second-order valence-electron chi connectivity index (χ2n) is 12.4. The number of nitrogens with zero attached hydrogens (tertiary/aromatic N) is 1. The fraction of sp³-hybridized carbons (Fsp3) is 0.257. The summed E-state index contributed by atoms with van der Waals surface area (Å²) < 4.78 is 2.57. The summed E-state index contributed by atoms with van der Waals surface area (Å²) in [4.78, 5) is 0. The fourth-order valence-electron chi connectivity index (χ4n) is 8.16. The summed E-state index contributed by atoms with van der Waals surface area (Å²) in [7, 11) is 0. The lowest BCUT2D eigenvalue weighted by molar-refractivity contribution is 0.621. The molecule has 4 aromatic carbocycles. The van der Waals surface area contributed by atoms with E-state index < -0.39 is 0 Å². The van der Waals surface area contributed by atoms with E-state index in [0.29, 0.717) is 6.71 Å². The zero-order chi connectivity index (χ0) is 25.1. The van der Waals surface area contributed by atoms with Crippen LogP contribution in [0, 0.1) is 0 Å². The van der Waals surface area contributed by atoms with E-state index in [4.69, 9.17) is 0 Å². The molecule has 1 aliphatic carbocycles. The molecular formula is C35H32BN. The maximum Gasteiger partial charge on any atom is 0.242 e. The molecule has 5 aromatic rings. The zero-order valence-electron chi connectivity index (χ0n) is 22.2. The Bertz CT molecular complexity index is 1770. The number of hydrogen-bond acceptors (Lipinski definition) is 0. The Labute approximate surface area is 220 Å². The molecule has 0 unspecified atom stereocenters. The number of aromatic nitrogens is 1. The van der Waals surface area contributed by atoms with Gasteiger partial charge in [0.25, 0.3) is 0 Å². The largest absolute Gasteiger partial charge is 0.313 e. The maximum absolute atomic E-state index is 2.57. The van der Waals surface area contributed by atoms with Crippen molar-refractivity contribution in [2.45, 2.75) is 57.8 Å². The van der Waals surface area contributed by atoms with Gasteiger partial charge in [-0.25, -0.2) is 0 Å². The van der Waals surface area contributed by atoms with Crippen LogP contribution in [0.15, 0.2) is 84.9 Å². The molecule has 180 valence electrons. The lowest BCUT2D eigenvalue weighted by atomic mass is 9.27. The van der Waals surface area contributed by atoms with Gasteiger partial charge in [0, 0.05) is 27.6 Å². The van der Waals surface area contributed by atoms with Gasteiger partial charge < -0.3 is 4.57 Å². The number of para-hydroxylation sites is 1. The van der Waals surface area contributed by atoms with Crippen molar-refractivity contribution < 1.29 is 0 Å². The second kappa shape index (κ2) is 7.07. The Kier molecular flexibility index (Phi) is 4.12. The van der Waals surface area contributed by atoms with Gasteiger partial charge in [-0.1, -0.05) is 111 Å². The first-order valence-corrected chi connectivity index (χ1v) is 13.9. The van der Waals surface area contributed by atoms with Crippen molar-refractivity contribution in [1.29, 1.82) is 0 Å². The molecule has 0 fully saturated rings. The lowest BCUT2D eigenvalue weighted by Crippen LogP contribution is -2.66. The Morgan fingerprint density at radius 3 is 2.16 bits per heavy atom. The minimum absolute atomic E-state index is 0.00340. The number of hydrogen-bond donors (Lipinski definition) is 0. The first-order valence-electron chi connectivity index (χ1n) is 13.9. The first kappa shape index (κ1) is 21.6. The van der Waals surface area contributed by atoms with Crippen molar-refractivity contribution >= 4 is 34.0 Å². The highest BCUT2D eigenvalue weighted by Gasteiger charge is 2.47. The normalized spacial score (nSPS) is 17.8. The Morgan fingerprint density at radius 2 is 1.32 bits per heavy atom. The number of rotatable bonds is 1. The molecule has 3 aliphatic rings. The third-order valence-corrected chi connectivity index (χ3v) is 9.89. The molecule has 0 amide bonds. The van der Waals surface area contributed by atoms with Crippen LogP contribution in [0.3, 0.4) is 0 Å². The molecule has 2 heteroatoms. The van der Waals surface area contributed by atoms with E-state index in [1.54, 1.807) is 11.0 Å². The molecule has 0 N–H and O–H groups in total. The topological polar surface area (TPSA) is 4.93 Å². The molecule has 2 aliphatic heterocycles. The standard InChI is InChI=1S/C35H32BN/c1-34(2)25-13-6-7-16-29(25)36-30-20-19-22(21-28(30)35(3,4)27-15-10-14-26(34)33(27)36)37-31-17-8-5-11-23(31)24-12-9-18-32(24)37/h5-8,10-11,13-17,19-21H,9,12,18H2,1-4H3. The van der Waals surface area contributed by atoms with Crippen LogP contribution in [-0.4, -0.2) is 11.3 Å². The van der Waals surface area contributed by atoms with Gasteiger partial charge in [-0.15, -0.1) is 0 Å². The van der Waals surface area contributed by atoms with Gasteiger partial charge in [-0.05, 0) is 65.3 Å². The van der Waals surface area contributed by atoms with Gasteiger partial charge >= 0.3 is 0 Å². The second-order valence-corrected chi connectivity index (χ2v) is 12.4. The Morgan fingerprint density at radius 1 is 0.649 bits per heavy atom. The van der Waals surface area contributed by atoms with E-state index in [1.807, 2.05) is 0 Å². The van der Waals surface area contributed by atoms with Gasteiger partial charge in [0.1, 0.15) is 0 Å². The molecule has 1 nitrogen and oxygen atoms in total. The molecule has 0 radical (unpaired) electrons. The van der Waals surface area contributed by atoms with Crippen LogP contribution in [0.5, 0.6) is 0 Å². The number of fused-ring (bicyclic) bond motifs is 7. The van der Waals surface area contributed by atoms with Gasteiger partial charge in [0.15, 0.2) is 0 Å². The minimum atomic E-state index is -0.0678. The smallest absolute Gasteiger partial charge is 0.242 e. The maximum atomic E-state index is 2.57. The van der Waals surface area contributed by atoms with E-state index in [-0.39, 0.29) is 10.8 Å². The molecule has 0 atom stereocenters. The molecule has 3 heterocycles. The molecule has 0 saturated heterocycles. The summed E-state index contributed by atoms with van der Waals surface area (Å²) >= 11 is 0. The summed E-state index contributed by atoms with van der Waals surface area (Å²) in [5.41, 5.74) is 16.1. The highest BCUT2D eigenvalue weighted by Crippen LogP contribution is 2.42. The Hall–Kier alpha value is -3.52. The molecule has 1 aromatic heterocycles. The summed E-state index contributed by atoms with van der Waals surface area (Å²) in [6.07, 6.45) is 3.63. The first-order chi connectivity index (χ1) is 17.9. The van der Waals surface area contributed by atoms with Gasteiger partial charge in [-0.2, -0.15) is 0 Å². The quantitative estimate of drug-likeness (QED) is 0.265. The zero-order valence-corrected chi connectivity index (χ0v) is 22.2. The van der Waals surface area contributed by atoms with Crippen LogP contribution in [0.4, 0.5) is 0 Å². The van der Waals surface area contributed by atoms with Crippen molar-refractivity contribution in [2.75, 3.05) is 0 Å². The van der Waals surface area contributed by atoms with Crippen LogP contribution in [0.2, 0.25) is 0 Å². The Balaban J connectivity index is 1.42. The number of benzene rings is 4. The van der Waals surface area contributed by atoms with E-state index in [0.717, 1.165) is 0 Å². The van der Waals surface area contributed by atoms with E-state index in [2.05, 4.69) is 117 Å². The lowest BCUT2D eigenvalue weighted by Gasteiger charge is -2.46. The average molecular weight is 477 g/mol.